The highest BCUT2D eigenvalue weighted by atomic mass is 16.2. The van der Waals surface area contributed by atoms with E-state index in [1.54, 1.807) is 17.0 Å². The highest BCUT2D eigenvalue weighted by molar-refractivity contribution is 6.30. The number of para-hydroxylation sites is 1. The molecule has 0 saturated heterocycles. The minimum Gasteiger partial charge on any atom is -0.345 e. The van der Waals surface area contributed by atoms with Gasteiger partial charge in [0, 0.05) is 24.4 Å². The van der Waals surface area contributed by atoms with Gasteiger partial charge in [0.1, 0.15) is 0 Å². The molecule has 26 heavy (non-hydrogen) atoms. The van der Waals surface area contributed by atoms with Crippen molar-refractivity contribution in [2.24, 2.45) is 5.92 Å². The first-order valence-electron chi connectivity index (χ1n) is 8.97. The van der Waals surface area contributed by atoms with Gasteiger partial charge in [-0.25, -0.2) is 0 Å². The summed E-state index contributed by atoms with van der Waals surface area (Å²) >= 11 is 0. The van der Waals surface area contributed by atoms with Crippen LogP contribution in [-0.2, 0) is 9.59 Å². The molecule has 5 nitrogen and oxygen atoms in total. The molecule has 0 saturated carbocycles. The van der Waals surface area contributed by atoms with E-state index in [1.165, 1.54) is 4.90 Å². The Morgan fingerprint density at radius 2 is 1.62 bits per heavy atom. The van der Waals surface area contributed by atoms with E-state index in [1.807, 2.05) is 48.5 Å². The number of anilines is 1. The molecule has 0 radical (unpaired) electrons. The van der Waals surface area contributed by atoms with Crippen LogP contribution in [0.25, 0.3) is 5.70 Å². The molecule has 2 heterocycles. The quantitative estimate of drug-likeness (QED) is 0.617. The highest BCUT2D eigenvalue weighted by Crippen LogP contribution is 2.23. The number of nitrogens with zero attached hydrogens (tertiary/aromatic N) is 2. The van der Waals surface area contributed by atoms with Crippen molar-refractivity contribution in [3.63, 3.8) is 0 Å². The van der Waals surface area contributed by atoms with E-state index in [0.29, 0.717) is 23.9 Å². The van der Waals surface area contributed by atoms with E-state index < -0.39 is 0 Å². The number of carbonyl (C=O) groups is 2. The van der Waals surface area contributed by atoms with E-state index >= 15 is 0 Å². The fourth-order valence-corrected chi connectivity index (χ4v) is 2.99. The first-order chi connectivity index (χ1) is 12.6. The second-order valence-corrected chi connectivity index (χ2v) is 6.80. The normalized spacial score (nSPS) is 14.5. The van der Waals surface area contributed by atoms with Crippen LogP contribution >= 0.6 is 0 Å². The molecule has 0 spiro atoms. The molecule has 1 aromatic carbocycles. The third-order valence-corrected chi connectivity index (χ3v) is 4.32. The number of benzene rings is 1. The molecular formula is C21H24N3O2+. The number of pyridine rings is 1. The van der Waals surface area contributed by atoms with Gasteiger partial charge in [-0.15, -0.1) is 0 Å². The first-order valence-corrected chi connectivity index (χ1v) is 8.97. The molecule has 3 rings (SSSR count). The Morgan fingerprint density at radius 1 is 0.962 bits per heavy atom. The van der Waals surface area contributed by atoms with Gasteiger partial charge in [-0.05, 0) is 30.9 Å². The van der Waals surface area contributed by atoms with Crippen molar-refractivity contribution in [2.45, 2.75) is 26.7 Å². The van der Waals surface area contributed by atoms with E-state index in [-0.39, 0.29) is 11.8 Å². The number of amides is 2. The van der Waals surface area contributed by atoms with Crippen LogP contribution in [0.3, 0.4) is 0 Å². The van der Waals surface area contributed by atoms with Crippen molar-refractivity contribution in [2.75, 3.05) is 11.9 Å². The fourth-order valence-electron chi connectivity index (χ4n) is 2.99. The van der Waals surface area contributed by atoms with Crippen molar-refractivity contribution in [3.05, 3.63) is 66.6 Å². The van der Waals surface area contributed by atoms with Gasteiger partial charge in [-0.3, -0.25) is 14.5 Å². The molecule has 1 N–H and O–H groups in total. The summed E-state index contributed by atoms with van der Waals surface area (Å²) in [6.07, 6.45) is 5.35. The van der Waals surface area contributed by atoms with Crippen LogP contribution in [0.2, 0.25) is 0 Å². The predicted molar refractivity (Wildman–Crippen MR) is 101 cm³/mol. The molecule has 0 atom stereocenters. The van der Waals surface area contributed by atoms with Crippen LogP contribution < -0.4 is 9.88 Å². The summed E-state index contributed by atoms with van der Waals surface area (Å²) in [6.45, 7) is 4.71. The molecule has 134 valence electrons. The Morgan fingerprint density at radius 3 is 2.27 bits per heavy atom. The Bertz CT molecular complexity index is 814. The van der Waals surface area contributed by atoms with Crippen LogP contribution in [0.5, 0.6) is 0 Å². The van der Waals surface area contributed by atoms with E-state index in [9.17, 15) is 9.59 Å². The zero-order valence-corrected chi connectivity index (χ0v) is 15.2. The number of hydrogen-bond acceptors (Lipinski definition) is 3. The third kappa shape index (κ3) is 3.82. The Labute approximate surface area is 154 Å². The molecule has 5 heteroatoms. The number of aromatic nitrogens is 1. The van der Waals surface area contributed by atoms with Crippen LogP contribution in [0, 0.1) is 5.92 Å². The second kappa shape index (κ2) is 7.95. The van der Waals surface area contributed by atoms with E-state index in [4.69, 9.17) is 0 Å². The highest BCUT2D eigenvalue weighted by Gasteiger charge is 2.44. The predicted octanol–water partition coefficient (Wildman–Crippen LogP) is 3.06. The maximum absolute atomic E-state index is 13.0. The lowest BCUT2D eigenvalue weighted by atomic mass is 10.1. The SMILES string of the molecule is CC(C)CCCN1C(=O)C(Nc2ccccc2)=C([n+]2ccccc2)C1=O. The van der Waals surface area contributed by atoms with Crippen LogP contribution in [0.4, 0.5) is 5.69 Å². The van der Waals surface area contributed by atoms with Gasteiger partial charge in [0.25, 0.3) is 5.91 Å². The minimum atomic E-state index is -0.269. The summed E-state index contributed by atoms with van der Waals surface area (Å²) in [5.74, 6) is 0.0167. The fraction of sp³-hybridized carbons (Fsp3) is 0.286. The largest absolute Gasteiger partial charge is 0.345 e. The number of carbonyl (C=O) groups excluding carboxylic acids is 2. The average molecular weight is 350 g/mol. The lowest BCUT2D eigenvalue weighted by Crippen LogP contribution is -2.39. The summed E-state index contributed by atoms with van der Waals surface area (Å²) in [5.41, 5.74) is 1.47. The van der Waals surface area contributed by atoms with Gasteiger partial charge in [0.15, 0.2) is 18.1 Å². The average Bonchev–Trinajstić information content (AvgIpc) is 2.87. The molecule has 1 aliphatic heterocycles. The lowest BCUT2D eigenvalue weighted by molar-refractivity contribution is -0.577. The Kier molecular flexibility index (Phi) is 5.46. The van der Waals surface area contributed by atoms with Gasteiger partial charge < -0.3 is 5.32 Å². The van der Waals surface area contributed by atoms with Crippen LogP contribution in [0.1, 0.15) is 26.7 Å². The van der Waals surface area contributed by atoms with Crippen molar-refractivity contribution in [1.29, 1.82) is 0 Å². The van der Waals surface area contributed by atoms with Crippen molar-refractivity contribution in [3.8, 4) is 0 Å². The van der Waals surface area contributed by atoms with Gasteiger partial charge in [-0.1, -0.05) is 38.1 Å². The molecule has 1 aromatic heterocycles. The molecule has 0 unspecified atom stereocenters. The van der Waals surface area contributed by atoms with Gasteiger partial charge in [0.2, 0.25) is 0 Å². The molecular weight excluding hydrogens is 326 g/mol. The van der Waals surface area contributed by atoms with Gasteiger partial charge in [0.05, 0.1) is 0 Å². The zero-order chi connectivity index (χ0) is 18.5. The van der Waals surface area contributed by atoms with Crippen molar-refractivity contribution >= 4 is 23.2 Å². The Balaban J connectivity index is 1.92. The molecule has 2 aromatic rings. The van der Waals surface area contributed by atoms with Crippen molar-refractivity contribution in [1.82, 2.24) is 4.90 Å². The molecule has 0 fully saturated rings. The van der Waals surface area contributed by atoms with Gasteiger partial charge >= 0.3 is 11.6 Å². The zero-order valence-electron chi connectivity index (χ0n) is 15.2. The molecule has 0 bridgehead atoms. The van der Waals surface area contributed by atoms with Crippen LogP contribution in [-0.4, -0.2) is 23.3 Å². The molecule has 2 amide bonds. The maximum Gasteiger partial charge on any atom is 0.328 e. The van der Waals surface area contributed by atoms with Gasteiger partial charge in [-0.2, -0.15) is 4.57 Å². The summed E-state index contributed by atoms with van der Waals surface area (Å²) in [7, 11) is 0. The standard InChI is InChI=1S/C21H23N3O2/c1-16(2)10-9-15-24-20(25)18(22-17-11-5-3-6-12-17)19(21(24)26)23-13-7-4-8-14-23/h3-8,11-14,16H,9-10,15H2,1-2H3/p+1. The Hall–Kier alpha value is -2.95. The van der Waals surface area contributed by atoms with Crippen LogP contribution in [0.15, 0.2) is 66.6 Å². The summed E-state index contributed by atoms with van der Waals surface area (Å²) in [5, 5.41) is 3.15. The monoisotopic (exact) mass is 350 g/mol. The number of imide groups is 1. The van der Waals surface area contributed by atoms with E-state index in [0.717, 1.165) is 18.5 Å². The summed E-state index contributed by atoms with van der Waals surface area (Å²) < 4.78 is 1.70. The summed E-state index contributed by atoms with van der Waals surface area (Å²) in [6, 6.07) is 15.0. The maximum atomic E-state index is 13.0. The topological polar surface area (TPSA) is 53.3 Å². The van der Waals surface area contributed by atoms with E-state index in [2.05, 4.69) is 19.2 Å². The molecule has 1 aliphatic rings. The third-order valence-electron chi connectivity index (χ3n) is 4.32. The number of nitrogens with one attached hydrogen (secondary N) is 1. The molecule has 0 aliphatic carbocycles. The summed E-state index contributed by atoms with van der Waals surface area (Å²) in [4.78, 5) is 27.3. The lowest BCUT2D eigenvalue weighted by Gasteiger charge is -2.14. The first kappa shape index (κ1) is 17.9. The second-order valence-electron chi connectivity index (χ2n) is 6.80. The van der Waals surface area contributed by atoms with Crippen molar-refractivity contribution < 1.29 is 14.2 Å². The minimum absolute atomic E-state index is 0.256. The number of rotatable bonds is 7. The smallest absolute Gasteiger partial charge is 0.328 e. The number of hydrogen-bond donors (Lipinski definition) is 1.